The number of piperidine rings is 1. The molecule has 1 heterocycles. The fourth-order valence-electron chi connectivity index (χ4n) is 3.96. The van der Waals surface area contributed by atoms with Crippen molar-refractivity contribution < 1.29 is 22.3 Å². The Morgan fingerprint density at radius 3 is 2.31 bits per heavy atom. The van der Waals surface area contributed by atoms with Gasteiger partial charge in [0.15, 0.2) is 0 Å². The molecule has 1 unspecified atom stereocenters. The third-order valence-electron chi connectivity index (χ3n) is 6.02. The van der Waals surface area contributed by atoms with E-state index in [4.69, 9.17) is 16.3 Å². The van der Waals surface area contributed by atoms with E-state index in [1.165, 1.54) is 12.1 Å². The van der Waals surface area contributed by atoms with Gasteiger partial charge in [-0.2, -0.15) is 4.39 Å². The van der Waals surface area contributed by atoms with Crippen molar-refractivity contribution in [3.8, 4) is 0 Å². The third-order valence-corrected chi connectivity index (χ3v) is 7.98. The Bertz CT molecular complexity index is 1060. The van der Waals surface area contributed by atoms with E-state index in [0.29, 0.717) is 17.9 Å². The van der Waals surface area contributed by atoms with E-state index in [2.05, 4.69) is 4.90 Å². The van der Waals surface area contributed by atoms with E-state index < -0.39 is 27.0 Å². The van der Waals surface area contributed by atoms with Gasteiger partial charge in [-0.15, -0.1) is 0 Å². The summed E-state index contributed by atoms with van der Waals surface area (Å²) in [6.45, 7) is 1.42. The van der Waals surface area contributed by atoms with E-state index in [0.717, 1.165) is 31.6 Å². The van der Waals surface area contributed by atoms with Crippen LogP contribution in [-0.2, 0) is 14.8 Å². The Kier molecular flexibility index (Phi) is 6.74. The lowest BCUT2D eigenvalue weighted by atomic mass is 9.97. The predicted molar refractivity (Wildman–Crippen MR) is 122 cm³/mol. The molecule has 1 aliphatic carbocycles. The summed E-state index contributed by atoms with van der Waals surface area (Å²) in [7, 11) is -4.68. The molecule has 0 spiro atoms. The fraction of sp³-hybridized carbons (Fsp3) is 0.435. The van der Waals surface area contributed by atoms with Gasteiger partial charge in [-0.05, 0) is 55.9 Å². The summed E-state index contributed by atoms with van der Waals surface area (Å²) < 4.78 is 48.7. The zero-order valence-electron chi connectivity index (χ0n) is 17.5. The van der Waals surface area contributed by atoms with Gasteiger partial charge in [0.1, 0.15) is 0 Å². The highest BCUT2D eigenvalue weighted by molar-refractivity contribution is 7.91. The second-order valence-electron chi connectivity index (χ2n) is 8.35. The van der Waals surface area contributed by atoms with Gasteiger partial charge in [0.2, 0.25) is 0 Å². The van der Waals surface area contributed by atoms with Crippen LogP contribution in [0.2, 0.25) is 5.02 Å². The normalized spacial score (nSPS) is 19.4. The first-order valence-electron chi connectivity index (χ1n) is 10.7. The maximum atomic E-state index is 15.7. The van der Waals surface area contributed by atoms with Gasteiger partial charge >= 0.3 is 5.19 Å². The van der Waals surface area contributed by atoms with Crippen molar-refractivity contribution in [1.29, 1.82) is 0 Å². The first-order chi connectivity index (χ1) is 15.3. The molecule has 2 aromatic carbocycles. The largest absolute Gasteiger partial charge is 0.370 e. The standard InChI is InChI=1S/C23H26ClFN2O4S/c24-20-8-4-5-9-21(20)27-14-12-17(13-15-27)16-31-23(25,19-10-11-19)32(29,30)26-22(28)18-6-2-1-3-7-18/h1-9,17,19H,10-16H2,(H,26,28). The minimum Gasteiger partial charge on any atom is -0.370 e. The lowest BCUT2D eigenvalue weighted by Crippen LogP contribution is -2.49. The van der Waals surface area contributed by atoms with Crippen LogP contribution in [0.5, 0.6) is 0 Å². The minimum atomic E-state index is -4.68. The number of hydrogen-bond donors (Lipinski definition) is 1. The lowest BCUT2D eigenvalue weighted by Gasteiger charge is -2.35. The van der Waals surface area contributed by atoms with Crippen LogP contribution in [0.4, 0.5) is 10.1 Å². The molecule has 1 amide bonds. The van der Waals surface area contributed by atoms with Gasteiger partial charge in [0, 0.05) is 24.6 Å². The highest BCUT2D eigenvalue weighted by Gasteiger charge is 2.58. The van der Waals surface area contributed by atoms with Crippen molar-refractivity contribution in [2.75, 3.05) is 24.6 Å². The summed E-state index contributed by atoms with van der Waals surface area (Å²) in [5.41, 5.74) is 1.10. The Balaban J connectivity index is 1.37. The molecule has 0 bridgehead atoms. The third kappa shape index (κ3) is 4.92. The van der Waals surface area contributed by atoms with Crippen LogP contribution < -0.4 is 9.62 Å². The number of alkyl halides is 1. The van der Waals surface area contributed by atoms with Crippen LogP contribution in [0.15, 0.2) is 54.6 Å². The molecule has 1 saturated heterocycles. The number of amides is 1. The number of halogens is 2. The van der Waals surface area contributed by atoms with Crippen LogP contribution in [0.25, 0.3) is 0 Å². The quantitative estimate of drug-likeness (QED) is 0.607. The topological polar surface area (TPSA) is 75.7 Å². The number of ether oxygens (including phenoxy) is 1. The molecule has 6 nitrogen and oxygen atoms in total. The van der Waals surface area contributed by atoms with Crippen molar-refractivity contribution in [2.24, 2.45) is 11.8 Å². The number of benzene rings is 2. The minimum absolute atomic E-state index is 0.0163. The number of nitrogens with zero attached hydrogens (tertiary/aromatic N) is 1. The summed E-state index contributed by atoms with van der Waals surface area (Å²) >= 11 is 6.28. The molecule has 0 aromatic heterocycles. The number of nitrogens with one attached hydrogen (secondary N) is 1. The summed E-state index contributed by atoms with van der Waals surface area (Å²) in [5.74, 6) is -1.63. The predicted octanol–water partition coefficient (Wildman–Crippen LogP) is 4.37. The zero-order valence-corrected chi connectivity index (χ0v) is 19.1. The van der Waals surface area contributed by atoms with Crippen molar-refractivity contribution in [1.82, 2.24) is 4.72 Å². The molecule has 1 N–H and O–H groups in total. The van der Waals surface area contributed by atoms with Gasteiger partial charge in [0.25, 0.3) is 15.9 Å². The molecule has 1 atom stereocenters. The molecule has 4 rings (SSSR count). The van der Waals surface area contributed by atoms with Crippen molar-refractivity contribution in [3.63, 3.8) is 0 Å². The highest BCUT2D eigenvalue weighted by atomic mass is 35.5. The average molecular weight is 481 g/mol. The molecule has 1 saturated carbocycles. The zero-order chi connectivity index (χ0) is 22.8. The molecule has 172 valence electrons. The number of anilines is 1. The number of para-hydroxylation sites is 1. The van der Waals surface area contributed by atoms with Crippen molar-refractivity contribution in [2.45, 2.75) is 30.9 Å². The van der Waals surface area contributed by atoms with Crippen LogP contribution in [0, 0.1) is 11.8 Å². The Morgan fingerprint density at radius 2 is 1.69 bits per heavy atom. The van der Waals surface area contributed by atoms with E-state index >= 15 is 4.39 Å². The van der Waals surface area contributed by atoms with E-state index in [1.54, 1.807) is 18.2 Å². The molecule has 9 heteroatoms. The first kappa shape index (κ1) is 23.0. The molecular weight excluding hydrogens is 455 g/mol. The molecule has 1 aliphatic heterocycles. The van der Waals surface area contributed by atoms with Crippen LogP contribution in [-0.4, -0.2) is 39.2 Å². The molecule has 0 radical (unpaired) electrons. The molecule has 2 fully saturated rings. The van der Waals surface area contributed by atoms with Gasteiger partial charge in [-0.3, -0.25) is 4.79 Å². The van der Waals surface area contributed by atoms with E-state index in [1.807, 2.05) is 29.0 Å². The van der Waals surface area contributed by atoms with Gasteiger partial charge in [-0.25, -0.2) is 13.1 Å². The van der Waals surface area contributed by atoms with E-state index in [9.17, 15) is 13.2 Å². The van der Waals surface area contributed by atoms with E-state index in [-0.39, 0.29) is 18.1 Å². The number of sulfonamides is 1. The fourth-order valence-corrected chi connectivity index (χ4v) is 5.62. The van der Waals surface area contributed by atoms with Crippen molar-refractivity contribution in [3.05, 3.63) is 65.2 Å². The summed E-state index contributed by atoms with van der Waals surface area (Å²) in [6.07, 6.45) is 2.26. The monoisotopic (exact) mass is 480 g/mol. The average Bonchev–Trinajstić information content (AvgIpc) is 3.64. The van der Waals surface area contributed by atoms with Crippen LogP contribution in [0.1, 0.15) is 36.0 Å². The van der Waals surface area contributed by atoms with Crippen LogP contribution in [0.3, 0.4) is 0 Å². The second-order valence-corrected chi connectivity index (χ2v) is 10.5. The Morgan fingerprint density at radius 1 is 1.06 bits per heavy atom. The molecule has 32 heavy (non-hydrogen) atoms. The summed E-state index contributed by atoms with van der Waals surface area (Å²) in [4.78, 5) is 14.5. The summed E-state index contributed by atoms with van der Waals surface area (Å²) in [6, 6.07) is 15.5. The number of carbonyl (C=O) groups excluding carboxylic acids is 1. The number of rotatable bonds is 8. The van der Waals surface area contributed by atoms with Crippen molar-refractivity contribution >= 4 is 33.2 Å². The Labute approximate surface area is 192 Å². The lowest BCUT2D eigenvalue weighted by molar-refractivity contribution is -0.107. The molecule has 2 aromatic rings. The maximum Gasteiger partial charge on any atom is 0.333 e. The van der Waals surface area contributed by atoms with Gasteiger partial charge < -0.3 is 9.64 Å². The van der Waals surface area contributed by atoms with Gasteiger partial charge in [0.05, 0.1) is 17.3 Å². The first-order valence-corrected chi connectivity index (χ1v) is 12.6. The highest BCUT2D eigenvalue weighted by Crippen LogP contribution is 2.46. The Hall–Kier alpha value is -2.16. The molecular formula is C23H26ClFN2O4S. The SMILES string of the molecule is O=C(NS(=O)(=O)C(F)(OCC1CCN(c2ccccc2Cl)CC1)C1CC1)c1ccccc1. The summed E-state index contributed by atoms with van der Waals surface area (Å²) in [5, 5.41) is -2.24. The second kappa shape index (κ2) is 9.37. The van der Waals surface area contributed by atoms with Gasteiger partial charge in [-0.1, -0.05) is 41.9 Å². The number of carbonyl (C=O) groups is 1. The maximum absolute atomic E-state index is 15.7. The smallest absolute Gasteiger partial charge is 0.333 e. The number of hydrogen-bond acceptors (Lipinski definition) is 5. The van der Waals surface area contributed by atoms with Crippen LogP contribution >= 0.6 is 11.6 Å². The molecule has 2 aliphatic rings.